The molecule has 26 heavy (non-hydrogen) atoms. The molecule has 2 aliphatic rings. The molecule has 1 atom stereocenters. The summed E-state index contributed by atoms with van der Waals surface area (Å²) in [4.78, 5) is 20.6. The lowest BCUT2D eigenvalue weighted by Crippen LogP contribution is -2.30. The Morgan fingerprint density at radius 1 is 1.42 bits per heavy atom. The van der Waals surface area contributed by atoms with E-state index in [9.17, 15) is 4.79 Å². The van der Waals surface area contributed by atoms with Crippen LogP contribution in [0.2, 0.25) is 0 Å². The molecule has 1 unspecified atom stereocenters. The van der Waals surface area contributed by atoms with Crippen molar-refractivity contribution >= 4 is 12.0 Å². The van der Waals surface area contributed by atoms with Crippen molar-refractivity contribution in [1.82, 2.24) is 20.2 Å². The predicted molar refractivity (Wildman–Crippen MR) is 100 cm³/mol. The highest BCUT2D eigenvalue weighted by atomic mass is 16.4. The molecule has 7 heteroatoms. The van der Waals surface area contributed by atoms with Gasteiger partial charge in [0.1, 0.15) is 5.76 Å². The van der Waals surface area contributed by atoms with E-state index >= 15 is 0 Å². The molecule has 0 amide bonds. The molecule has 0 aromatic carbocycles. The molecule has 0 radical (unpaired) electrons. The standard InChI is InChI=1S/C19H23N5O2/c1-13-17-10-15(9-14(17)4-6-21-13)22-5-2-3-16-12-24(19(25)26-16)18-11-20-7-8-23-18/h4,6,8,11-12,15,20,22H,2-3,5,7,9-10H2,1H3. The van der Waals surface area contributed by atoms with Crippen LogP contribution in [0.3, 0.4) is 0 Å². The van der Waals surface area contributed by atoms with Crippen LogP contribution < -0.4 is 16.4 Å². The SMILES string of the molecule is Cc1nccc2c1CC(NCCCc1cn(C3=CNCC=N3)c(=O)o1)C2. The van der Waals surface area contributed by atoms with Crippen molar-refractivity contribution in [3.63, 3.8) is 0 Å². The minimum absolute atomic E-state index is 0.394. The Bertz CT molecular complexity index is 909. The van der Waals surface area contributed by atoms with Gasteiger partial charge in [-0.05, 0) is 49.9 Å². The number of rotatable bonds is 6. The Hall–Kier alpha value is -2.67. The highest BCUT2D eigenvalue weighted by Crippen LogP contribution is 2.23. The van der Waals surface area contributed by atoms with E-state index in [1.165, 1.54) is 15.7 Å². The summed E-state index contributed by atoms with van der Waals surface area (Å²) in [5, 5.41) is 6.65. The minimum Gasteiger partial charge on any atom is -0.413 e. The average Bonchev–Trinajstić information content (AvgIpc) is 3.23. The lowest BCUT2D eigenvalue weighted by atomic mass is 10.1. The van der Waals surface area contributed by atoms with Crippen LogP contribution in [-0.2, 0) is 19.3 Å². The van der Waals surface area contributed by atoms with Crippen LogP contribution in [0.15, 0.2) is 38.9 Å². The summed E-state index contributed by atoms with van der Waals surface area (Å²) in [6, 6.07) is 2.59. The van der Waals surface area contributed by atoms with Gasteiger partial charge in [0.2, 0.25) is 0 Å². The molecule has 0 fully saturated rings. The summed E-state index contributed by atoms with van der Waals surface area (Å²) < 4.78 is 6.77. The molecular weight excluding hydrogens is 330 g/mol. The molecular formula is C19H23N5O2. The molecule has 136 valence electrons. The number of nitrogens with zero attached hydrogens (tertiary/aromatic N) is 3. The van der Waals surface area contributed by atoms with Crippen LogP contribution in [0.5, 0.6) is 0 Å². The van der Waals surface area contributed by atoms with Gasteiger partial charge >= 0.3 is 5.76 Å². The molecule has 2 N–H and O–H groups in total. The fourth-order valence-electron chi connectivity index (χ4n) is 3.59. The number of aryl methyl sites for hydroxylation is 2. The first-order valence-electron chi connectivity index (χ1n) is 9.05. The van der Waals surface area contributed by atoms with Crippen LogP contribution in [-0.4, -0.2) is 34.9 Å². The molecule has 0 spiro atoms. The first kappa shape index (κ1) is 16.8. The van der Waals surface area contributed by atoms with Gasteiger partial charge in [-0.2, -0.15) is 0 Å². The highest BCUT2D eigenvalue weighted by Gasteiger charge is 2.22. The minimum atomic E-state index is -0.394. The van der Waals surface area contributed by atoms with Crippen LogP contribution >= 0.6 is 0 Å². The van der Waals surface area contributed by atoms with E-state index in [0.717, 1.165) is 37.9 Å². The lowest BCUT2D eigenvalue weighted by molar-refractivity contribution is 0.447. The van der Waals surface area contributed by atoms with Gasteiger partial charge in [-0.15, -0.1) is 0 Å². The van der Waals surface area contributed by atoms with Crippen molar-refractivity contribution in [2.75, 3.05) is 13.1 Å². The van der Waals surface area contributed by atoms with Crippen LogP contribution in [0.4, 0.5) is 0 Å². The first-order valence-corrected chi connectivity index (χ1v) is 9.05. The third-order valence-electron chi connectivity index (χ3n) is 4.92. The number of oxazole rings is 1. The zero-order valence-corrected chi connectivity index (χ0v) is 14.9. The summed E-state index contributed by atoms with van der Waals surface area (Å²) in [6.45, 7) is 3.65. The van der Waals surface area contributed by atoms with Gasteiger partial charge in [0.05, 0.1) is 6.20 Å². The van der Waals surface area contributed by atoms with Crippen molar-refractivity contribution < 1.29 is 4.42 Å². The van der Waals surface area contributed by atoms with E-state index in [1.807, 2.05) is 6.20 Å². The third-order valence-corrected chi connectivity index (χ3v) is 4.92. The average molecular weight is 353 g/mol. The number of hydrogen-bond acceptors (Lipinski definition) is 6. The van der Waals surface area contributed by atoms with Crippen LogP contribution in [0, 0.1) is 6.92 Å². The largest absolute Gasteiger partial charge is 0.425 e. The molecule has 3 heterocycles. The maximum absolute atomic E-state index is 12.0. The lowest BCUT2D eigenvalue weighted by Gasteiger charge is -2.11. The summed E-state index contributed by atoms with van der Waals surface area (Å²) >= 11 is 0. The number of fused-ring (bicyclic) bond motifs is 1. The van der Waals surface area contributed by atoms with Crippen molar-refractivity contribution in [3.05, 3.63) is 57.8 Å². The fourth-order valence-corrected chi connectivity index (χ4v) is 3.59. The van der Waals surface area contributed by atoms with E-state index in [-0.39, 0.29) is 0 Å². The van der Waals surface area contributed by atoms with Crippen molar-refractivity contribution in [2.45, 2.75) is 38.6 Å². The van der Waals surface area contributed by atoms with E-state index < -0.39 is 5.76 Å². The Morgan fingerprint density at radius 3 is 3.15 bits per heavy atom. The number of nitrogens with one attached hydrogen (secondary N) is 2. The predicted octanol–water partition coefficient (Wildman–Crippen LogP) is 1.26. The molecule has 1 aliphatic carbocycles. The Labute approximate surface area is 151 Å². The molecule has 0 saturated carbocycles. The molecule has 2 aromatic rings. The Morgan fingerprint density at radius 2 is 2.35 bits per heavy atom. The monoisotopic (exact) mass is 353 g/mol. The van der Waals surface area contributed by atoms with Gasteiger partial charge in [0.15, 0.2) is 5.82 Å². The molecule has 1 aliphatic heterocycles. The van der Waals surface area contributed by atoms with E-state index in [4.69, 9.17) is 4.42 Å². The normalized spacial score (nSPS) is 18.5. The number of aliphatic imine (C=N–C) groups is 1. The van der Waals surface area contributed by atoms with Gasteiger partial charge in [-0.3, -0.25) is 4.98 Å². The van der Waals surface area contributed by atoms with Crippen molar-refractivity contribution in [1.29, 1.82) is 0 Å². The number of pyridine rings is 1. The molecule has 2 aromatic heterocycles. The summed E-state index contributed by atoms with van der Waals surface area (Å²) in [6.07, 6.45) is 10.8. The second kappa shape index (κ2) is 7.29. The molecule has 0 bridgehead atoms. The van der Waals surface area contributed by atoms with Gasteiger partial charge < -0.3 is 15.1 Å². The maximum atomic E-state index is 12.0. The molecule has 4 rings (SSSR count). The van der Waals surface area contributed by atoms with Crippen molar-refractivity contribution in [3.8, 4) is 0 Å². The van der Waals surface area contributed by atoms with Gasteiger partial charge in [-0.25, -0.2) is 14.4 Å². The first-order chi connectivity index (χ1) is 12.7. The van der Waals surface area contributed by atoms with Crippen LogP contribution in [0.1, 0.15) is 29.0 Å². The summed E-state index contributed by atoms with van der Waals surface area (Å²) in [7, 11) is 0. The van der Waals surface area contributed by atoms with E-state index in [1.54, 1.807) is 18.6 Å². The zero-order valence-electron chi connectivity index (χ0n) is 14.9. The third kappa shape index (κ3) is 3.48. The Balaban J connectivity index is 1.27. The summed E-state index contributed by atoms with van der Waals surface area (Å²) in [5.74, 6) is 0.851. The zero-order chi connectivity index (χ0) is 17.9. The van der Waals surface area contributed by atoms with Gasteiger partial charge in [0.25, 0.3) is 0 Å². The highest BCUT2D eigenvalue weighted by molar-refractivity contribution is 5.69. The smallest absolute Gasteiger partial charge is 0.413 e. The fraction of sp³-hybridized carbons (Fsp3) is 0.421. The quantitative estimate of drug-likeness (QED) is 0.764. The van der Waals surface area contributed by atoms with Crippen LogP contribution in [0.25, 0.3) is 5.82 Å². The van der Waals surface area contributed by atoms with E-state index in [2.05, 4.69) is 33.6 Å². The Kier molecular flexibility index (Phi) is 4.71. The molecule has 7 nitrogen and oxygen atoms in total. The number of hydrogen-bond donors (Lipinski definition) is 2. The second-order valence-corrected chi connectivity index (χ2v) is 6.75. The van der Waals surface area contributed by atoms with Gasteiger partial charge in [0, 0.05) is 43.3 Å². The number of aromatic nitrogens is 2. The van der Waals surface area contributed by atoms with E-state index in [0.29, 0.717) is 24.2 Å². The molecule has 0 saturated heterocycles. The maximum Gasteiger partial charge on any atom is 0.425 e. The van der Waals surface area contributed by atoms with Crippen molar-refractivity contribution in [2.24, 2.45) is 4.99 Å². The van der Waals surface area contributed by atoms with Gasteiger partial charge in [-0.1, -0.05) is 0 Å². The topological polar surface area (TPSA) is 84.5 Å². The summed E-state index contributed by atoms with van der Waals surface area (Å²) in [5.41, 5.74) is 3.94. The second-order valence-electron chi connectivity index (χ2n) is 6.75.